The average molecular weight is 366 g/mol. The second kappa shape index (κ2) is 8.25. The Kier molecular flexibility index (Phi) is 5.79. The molecule has 1 N–H and O–H groups in total. The number of nitrogens with one attached hydrogen (secondary N) is 1. The monoisotopic (exact) mass is 366 g/mol. The van der Waals surface area contributed by atoms with Gasteiger partial charge in [0, 0.05) is 24.2 Å². The molecule has 3 rings (SSSR count). The van der Waals surface area contributed by atoms with Gasteiger partial charge in [-0.15, -0.1) is 0 Å². The molecule has 5 nitrogen and oxygen atoms in total. The maximum Gasteiger partial charge on any atom is 0.251 e. The molecular formula is C22H26N2O3. The summed E-state index contributed by atoms with van der Waals surface area (Å²) in [6, 6.07) is 14.8. The molecule has 0 saturated carbocycles. The second-order valence-electron chi connectivity index (χ2n) is 7.13. The molecule has 1 unspecified atom stereocenters. The van der Waals surface area contributed by atoms with E-state index in [-0.39, 0.29) is 24.0 Å². The summed E-state index contributed by atoms with van der Waals surface area (Å²) in [7, 11) is 0. The fraction of sp³-hybridized carbons (Fsp3) is 0.364. The Balaban J connectivity index is 1.71. The topological polar surface area (TPSA) is 58.6 Å². The van der Waals surface area contributed by atoms with E-state index in [1.165, 1.54) is 0 Å². The molecule has 27 heavy (non-hydrogen) atoms. The second-order valence-corrected chi connectivity index (χ2v) is 7.13. The minimum atomic E-state index is -0.162. The van der Waals surface area contributed by atoms with Gasteiger partial charge in [-0.3, -0.25) is 9.59 Å². The summed E-state index contributed by atoms with van der Waals surface area (Å²) in [5, 5.41) is 3.02. The maximum absolute atomic E-state index is 12.7. The zero-order valence-electron chi connectivity index (χ0n) is 16.1. The molecule has 2 amide bonds. The summed E-state index contributed by atoms with van der Waals surface area (Å²) in [5.41, 5.74) is 2.31. The molecule has 1 fully saturated rings. The molecule has 0 aliphatic carbocycles. The number of hydrogen-bond donors (Lipinski definition) is 1. The minimum absolute atomic E-state index is 0.0983. The van der Waals surface area contributed by atoms with Crippen molar-refractivity contribution < 1.29 is 14.3 Å². The lowest BCUT2D eigenvalue weighted by Crippen LogP contribution is -2.28. The van der Waals surface area contributed by atoms with E-state index in [9.17, 15) is 9.59 Å². The van der Waals surface area contributed by atoms with Crippen molar-refractivity contribution in [1.82, 2.24) is 5.32 Å². The molecule has 2 aromatic rings. The van der Waals surface area contributed by atoms with E-state index in [0.717, 1.165) is 23.4 Å². The standard InChI is InChI=1S/C22H26N2O3/c1-15(2)27-20-10-5-7-17(14-20)16(3)23-22(26)18-8-4-9-19(13-18)24-12-6-11-21(24)25/h4-5,7-10,13-16H,6,11-12H2,1-3H3,(H,23,26). The number of carbonyl (C=O) groups excluding carboxylic acids is 2. The zero-order chi connectivity index (χ0) is 19.4. The molecule has 1 saturated heterocycles. The van der Waals surface area contributed by atoms with Crippen molar-refractivity contribution in [3.8, 4) is 5.75 Å². The highest BCUT2D eigenvalue weighted by Gasteiger charge is 2.22. The zero-order valence-corrected chi connectivity index (χ0v) is 16.1. The molecule has 142 valence electrons. The Labute approximate surface area is 160 Å². The van der Waals surface area contributed by atoms with Crippen molar-refractivity contribution >= 4 is 17.5 Å². The first-order valence-corrected chi connectivity index (χ1v) is 9.42. The number of ether oxygens (including phenoxy) is 1. The Morgan fingerprint density at radius 2 is 1.89 bits per heavy atom. The third-order valence-electron chi connectivity index (χ3n) is 4.57. The summed E-state index contributed by atoms with van der Waals surface area (Å²) in [4.78, 5) is 26.4. The molecule has 1 aliphatic rings. The van der Waals surface area contributed by atoms with Crippen LogP contribution in [-0.4, -0.2) is 24.5 Å². The van der Waals surface area contributed by atoms with Crippen molar-refractivity contribution in [3.63, 3.8) is 0 Å². The van der Waals surface area contributed by atoms with Gasteiger partial charge in [-0.1, -0.05) is 18.2 Å². The van der Waals surface area contributed by atoms with E-state index >= 15 is 0 Å². The number of nitrogens with zero attached hydrogens (tertiary/aromatic N) is 1. The number of rotatable bonds is 6. The summed E-state index contributed by atoms with van der Waals surface area (Å²) in [6.07, 6.45) is 1.53. The van der Waals surface area contributed by atoms with Gasteiger partial charge >= 0.3 is 0 Å². The first-order chi connectivity index (χ1) is 12.9. The summed E-state index contributed by atoms with van der Waals surface area (Å²) in [5.74, 6) is 0.743. The van der Waals surface area contributed by atoms with E-state index in [4.69, 9.17) is 4.74 Å². The predicted octanol–water partition coefficient (Wildman–Crippen LogP) is 4.09. The lowest BCUT2D eigenvalue weighted by atomic mass is 10.1. The molecule has 1 aliphatic heterocycles. The molecule has 0 aromatic heterocycles. The summed E-state index contributed by atoms with van der Waals surface area (Å²) in [6.45, 7) is 6.62. The summed E-state index contributed by atoms with van der Waals surface area (Å²) < 4.78 is 5.73. The van der Waals surface area contributed by atoms with E-state index < -0.39 is 0 Å². The number of hydrogen-bond acceptors (Lipinski definition) is 3. The van der Waals surface area contributed by atoms with Gasteiger partial charge in [-0.25, -0.2) is 0 Å². The van der Waals surface area contributed by atoms with Crippen molar-refractivity contribution in [2.75, 3.05) is 11.4 Å². The van der Waals surface area contributed by atoms with Gasteiger partial charge in [-0.05, 0) is 63.1 Å². The van der Waals surface area contributed by atoms with Crippen molar-refractivity contribution in [2.45, 2.75) is 45.8 Å². The molecule has 1 heterocycles. The van der Waals surface area contributed by atoms with Crippen LogP contribution in [0.25, 0.3) is 0 Å². The highest BCUT2D eigenvalue weighted by Crippen LogP contribution is 2.23. The van der Waals surface area contributed by atoms with Gasteiger partial charge in [0.15, 0.2) is 0 Å². The first kappa shape index (κ1) is 19.0. The number of amides is 2. The first-order valence-electron chi connectivity index (χ1n) is 9.42. The maximum atomic E-state index is 12.7. The average Bonchev–Trinajstić information content (AvgIpc) is 3.07. The highest BCUT2D eigenvalue weighted by molar-refractivity contribution is 5.99. The minimum Gasteiger partial charge on any atom is -0.491 e. The lowest BCUT2D eigenvalue weighted by molar-refractivity contribution is -0.117. The molecule has 0 spiro atoms. The Bertz CT molecular complexity index is 832. The van der Waals surface area contributed by atoms with Crippen molar-refractivity contribution in [1.29, 1.82) is 0 Å². The van der Waals surface area contributed by atoms with E-state index in [0.29, 0.717) is 18.5 Å². The third kappa shape index (κ3) is 4.67. The van der Waals surface area contributed by atoms with Crippen LogP contribution in [0.2, 0.25) is 0 Å². The van der Waals surface area contributed by atoms with Crippen LogP contribution in [0.5, 0.6) is 5.75 Å². The Morgan fingerprint density at radius 1 is 1.11 bits per heavy atom. The largest absolute Gasteiger partial charge is 0.491 e. The van der Waals surface area contributed by atoms with Gasteiger partial charge < -0.3 is 15.0 Å². The van der Waals surface area contributed by atoms with Gasteiger partial charge in [0.25, 0.3) is 5.91 Å². The van der Waals surface area contributed by atoms with Gasteiger partial charge in [0.05, 0.1) is 12.1 Å². The van der Waals surface area contributed by atoms with Gasteiger partial charge in [0.1, 0.15) is 5.75 Å². The van der Waals surface area contributed by atoms with Crippen LogP contribution in [0.1, 0.15) is 55.6 Å². The van der Waals surface area contributed by atoms with Crippen LogP contribution < -0.4 is 15.0 Å². The van der Waals surface area contributed by atoms with E-state index in [2.05, 4.69) is 5.32 Å². The molecule has 0 bridgehead atoms. The SMILES string of the molecule is CC(C)Oc1cccc(C(C)NC(=O)c2cccc(N3CCCC3=O)c2)c1. The Hall–Kier alpha value is -2.82. The van der Waals surface area contributed by atoms with Crippen molar-refractivity contribution in [2.24, 2.45) is 0 Å². The van der Waals surface area contributed by atoms with Gasteiger partial charge in [-0.2, -0.15) is 0 Å². The van der Waals surface area contributed by atoms with Gasteiger partial charge in [0.2, 0.25) is 5.91 Å². The Morgan fingerprint density at radius 3 is 2.59 bits per heavy atom. The quantitative estimate of drug-likeness (QED) is 0.838. The molecule has 2 aromatic carbocycles. The van der Waals surface area contributed by atoms with Crippen LogP contribution in [0.15, 0.2) is 48.5 Å². The van der Waals surface area contributed by atoms with E-state index in [1.807, 2.05) is 57.2 Å². The fourth-order valence-electron chi connectivity index (χ4n) is 3.23. The van der Waals surface area contributed by atoms with E-state index in [1.54, 1.807) is 17.0 Å². The molecular weight excluding hydrogens is 340 g/mol. The number of anilines is 1. The summed E-state index contributed by atoms with van der Waals surface area (Å²) >= 11 is 0. The molecule has 5 heteroatoms. The predicted molar refractivity (Wildman–Crippen MR) is 106 cm³/mol. The van der Waals surface area contributed by atoms with Crippen LogP contribution in [0.3, 0.4) is 0 Å². The molecule has 0 radical (unpaired) electrons. The van der Waals surface area contributed by atoms with Crippen LogP contribution in [-0.2, 0) is 4.79 Å². The number of carbonyl (C=O) groups is 2. The smallest absolute Gasteiger partial charge is 0.251 e. The van der Waals surface area contributed by atoms with Crippen LogP contribution in [0, 0.1) is 0 Å². The third-order valence-corrected chi connectivity index (χ3v) is 4.57. The van der Waals surface area contributed by atoms with Crippen molar-refractivity contribution in [3.05, 3.63) is 59.7 Å². The number of benzene rings is 2. The van der Waals surface area contributed by atoms with Crippen LogP contribution in [0.4, 0.5) is 5.69 Å². The molecule has 1 atom stereocenters. The van der Waals surface area contributed by atoms with Crippen LogP contribution >= 0.6 is 0 Å². The normalized spacial score (nSPS) is 15.1. The fourth-order valence-corrected chi connectivity index (χ4v) is 3.23. The highest BCUT2D eigenvalue weighted by atomic mass is 16.5. The lowest BCUT2D eigenvalue weighted by Gasteiger charge is -2.18.